The molecule has 4 rings (SSSR count). The zero-order valence-corrected chi connectivity index (χ0v) is 16.7. The number of hydrogen-bond donors (Lipinski definition) is 3. The fourth-order valence-corrected chi connectivity index (χ4v) is 3.45. The lowest BCUT2D eigenvalue weighted by Crippen LogP contribution is -2.30. The van der Waals surface area contributed by atoms with Gasteiger partial charge in [0.25, 0.3) is 5.91 Å². The summed E-state index contributed by atoms with van der Waals surface area (Å²) < 4.78 is 5.17. The third kappa shape index (κ3) is 4.04. The number of aromatic amines is 1. The maximum Gasteiger partial charge on any atom is 0.256 e. The third-order valence-corrected chi connectivity index (χ3v) is 4.87. The van der Waals surface area contributed by atoms with E-state index in [2.05, 4.69) is 10.3 Å². The zero-order valence-electron chi connectivity index (χ0n) is 16.7. The molecule has 0 aliphatic carbocycles. The molecule has 2 aromatic carbocycles. The van der Waals surface area contributed by atoms with Crippen LogP contribution in [0.2, 0.25) is 0 Å². The highest BCUT2D eigenvalue weighted by atomic mass is 16.5. The Hall–Kier alpha value is -4.33. The molecule has 0 unspecified atom stereocenters. The number of nitrogens with two attached hydrogens (primary N) is 1. The molecule has 0 saturated heterocycles. The number of rotatable bonds is 6. The van der Waals surface area contributed by atoms with Crippen LogP contribution in [-0.4, -0.2) is 29.8 Å². The van der Waals surface area contributed by atoms with Crippen LogP contribution in [0.15, 0.2) is 60.8 Å². The Labute approximate surface area is 178 Å². The number of carbonyl (C=O) groups is 3. The predicted octanol–water partition coefficient (Wildman–Crippen LogP) is 3.06. The second-order valence-electron chi connectivity index (χ2n) is 6.94. The van der Waals surface area contributed by atoms with E-state index in [1.807, 2.05) is 12.1 Å². The van der Waals surface area contributed by atoms with Crippen molar-refractivity contribution in [3.63, 3.8) is 0 Å². The van der Waals surface area contributed by atoms with Crippen molar-refractivity contribution in [1.82, 2.24) is 4.98 Å². The Bertz CT molecular complexity index is 1180. The minimum Gasteiger partial charge on any atom is -0.497 e. The first-order chi connectivity index (χ1) is 15.0. The van der Waals surface area contributed by atoms with Crippen LogP contribution in [-0.2, 0) is 14.4 Å². The monoisotopic (exact) mass is 416 g/mol. The molecule has 8 heteroatoms. The average molecular weight is 416 g/mol. The van der Waals surface area contributed by atoms with E-state index in [0.29, 0.717) is 28.4 Å². The minimum absolute atomic E-state index is 0.235. The van der Waals surface area contributed by atoms with E-state index in [1.165, 1.54) is 4.90 Å². The highest BCUT2D eigenvalue weighted by Crippen LogP contribution is 2.38. The number of fused-ring (bicyclic) bond motifs is 1. The van der Waals surface area contributed by atoms with Crippen molar-refractivity contribution in [2.75, 3.05) is 17.3 Å². The number of carbonyl (C=O) groups excluding carboxylic acids is 3. The van der Waals surface area contributed by atoms with Crippen molar-refractivity contribution in [1.29, 1.82) is 0 Å². The van der Waals surface area contributed by atoms with Crippen molar-refractivity contribution < 1.29 is 19.1 Å². The molecule has 1 aromatic heterocycles. The number of anilines is 3. The average Bonchev–Trinajstić information content (AvgIpc) is 3.36. The van der Waals surface area contributed by atoms with Crippen LogP contribution >= 0.6 is 0 Å². The highest BCUT2D eigenvalue weighted by Gasteiger charge is 2.27. The van der Waals surface area contributed by atoms with Crippen molar-refractivity contribution in [2.24, 2.45) is 5.73 Å². The van der Waals surface area contributed by atoms with E-state index in [1.54, 1.807) is 61.8 Å². The van der Waals surface area contributed by atoms with Gasteiger partial charge in [0.1, 0.15) is 12.2 Å². The molecule has 1 aliphatic rings. The van der Waals surface area contributed by atoms with Crippen molar-refractivity contribution >= 4 is 46.4 Å². The van der Waals surface area contributed by atoms with Crippen LogP contribution in [0.5, 0.6) is 5.75 Å². The molecule has 4 N–H and O–H groups in total. The van der Waals surface area contributed by atoms with Crippen molar-refractivity contribution in [3.8, 4) is 5.75 Å². The Morgan fingerprint density at radius 3 is 2.48 bits per heavy atom. The number of nitrogens with zero attached hydrogens (tertiary/aromatic N) is 1. The second-order valence-corrected chi connectivity index (χ2v) is 6.94. The molecule has 8 nitrogen and oxygen atoms in total. The van der Waals surface area contributed by atoms with Gasteiger partial charge in [0.15, 0.2) is 0 Å². The highest BCUT2D eigenvalue weighted by molar-refractivity contribution is 6.35. The third-order valence-electron chi connectivity index (χ3n) is 4.87. The second kappa shape index (κ2) is 8.19. The summed E-state index contributed by atoms with van der Waals surface area (Å²) in [5, 5.41) is 2.83. The van der Waals surface area contributed by atoms with E-state index in [4.69, 9.17) is 10.5 Å². The molecule has 3 aromatic rings. The van der Waals surface area contributed by atoms with Gasteiger partial charge in [-0.05, 0) is 60.7 Å². The van der Waals surface area contributed by atoms with Gasteiger partial charge in [-0.15, -0.1) is 0 Å². The summed E-state index contributed by atoms with van der Waals surface area (Å²) >= 11 is 0. The normalized spacial score (nSPS) is 13.6. The lowest BCUT2D eigenvalue weighted by Gasteiger charge is -2.23. The molecule has 1 aliphatic heterocycles. The number of aromatic nitrogens is 1. The van der Waals surface area contributed by atoms with E-state index in [-0.39, 0.29) is 5.91 Å². The molecule has 0 radical (unpaired) electrons. The lowest BCUT2D eigenvalue weighted by molar-refractivity contribution is -0.125. The van der Waals surface area contributed by atoms with Crippen molar-refractivity contribution in [3.05, 3.63) is 72.1 Å². The van der Waals surface area contributed by atoms with Gasteiger partial charge in [-0.1, -0.05) is 0 Å². The lowest BCUT2D eigenvalue weighted by atomic mass is 10.0. The number of nitrogens with one attached hydrogen (secondary N) is 2. The van der Waals surface area contributed by atoms with E-state index >= 15 is 0 Å². The molecule has 0 spiro atoms. The number of amides is 3. The molecular formula is C23H20N4O4. The zero-order chi connectivity index (χ0) is 22.0. The SMILES string of the molecule is COc1ccc(N(C(=O)CC(N)=O)c2ccc3c(c2)NC(=O)C3=Cc2ccc[nH]2)cc1. The molecule has 0 bridgehead atoms. The van der Waals surface area contributed by atoms with Gasteiger partial charge in [0.2, 0.25) is 11.8 Å². The first-order valence-corrected chi connectivity index (χ1v) is 9.52. The van der Waals surface area contributed by atoms with Crippen molar-refractivity contribution in [2.45, 2.75) is 6.42 Å². The van der Waals surface area contributed by atoms with E-state index in [9.17, 15) is 14.4 Å². The quantitative estimate of drug-likeness (QED) is 0.423. The fourth-order valence-electron chi connectivity index (χ4n) is 3.45. The molecule has 0 atom stereocenters. The van der Waals surface area contributed by atoms with Crippen LogP contribution in [0.4, 0.5) is 17.1 Å². The maximum absolute atomic E-state index is 12.8. The number of hydrogen-bond acceptors (Lipinski definition) is 4. The van der Waals surface area contributed by atoms with Gasteiger partial charge in [0.05, 0.1) is 24.1 Å². The standard InChI is InChI=1S/C23H20N4O4/c1-31-17-7-4-15(5-8-17)27(22(29)13-21(24)28)16-6-9-18-19(11-14-3-2-10-25-14)23(30)26-20(18)12-16/h2-12,25H,13H2,1H3,(H2,24,28)(H,26,30). The number of ether oxygens (including phenoxy) is 1. The molecule has 0 fully saturated rings. The van der Waals surface area contributed by atoms with E-state index < -0.39 is 18.2 Å². The number of benzene rings is 2. The van der Waals surface area contributed by atoms with Gasteiger partial charge < -0.3 is 20.8 Å². The van der Waals surface area contributed by atoms with Gasteiger partial charge in [-0.2, -0.15) is 0 Å². The van der Waals surface area contributed by atoms with Crippen LogP contribution in [0, 0.1) is 0 Å². The molecule has 31 heavy (non-hydrogen) atoms. The Balaban J connectivity index is 1.74. The van der Waals surface area contributed by atoms with Crippen LogP contribution in [0.25, 0.3) is 11.6 Å². The summed E-state index contributed by atoms with van der Waals surface area (Å²) in [5.41, 5.74) is 8.91. The smallest absolute Gasteiger partial charge is 0.256 e. The van der Waals surface area contributed by atoms with E-state index in [0.717, 1.165) is 11.3 Å². The minimum atomic E-state index is -0.728. The number of H-pyrrole nitrogens is 1. The summed E-state index contributed by atoms with van der Waals surface area (Å²) in [7, 11) is 1.55. The number of methoxy groups -OCH3 is 1. The molecular weight excluding hydrogens is 396 g/mol. The maximum atomic E-state index is 12.8. The summed E-state index contributed by atoms with van der Waals surface area (Å²) in [5.74, 6) is -0.814. The first kappa shape index (κ1) is 20.0. The molecule has 0 saturated carbocycles. The Morgan fingerprint density at radius 2 is 1.84 bits per heavy atom. The number of primary amides is 1. The summed E-state index contributed by atoms with van der Waals surface area (Å²) in [6.07, 6.45) is 3.09. The fraction of sp³-hybridized carbons (Fsp3) is 0.0870. The largest absolute Gasteiger partial charge is 0.497 e. The summed E-state index contributed by atoms with van der Waals surface area (Å²) in [4.78, 5) is 41.2. The van der Waals surface area contributed by atoms with Crippen LogP contribution < -0.4 is 20.7 Å². The molecule has 156 valence electrons. The van der Waals surface area contributed by atoms with Crippen LogP contribution in [0.3, 0.4) is 0 Å². The Morgan fingerprint density at radius 1 is 1.10 bits per heavy atom. The molecule has 2 heterocycles. The summed E-state index contributed by atoms with van der Waals surface area (Å²) in [6.45, 7) is 0. The summed E-state index contributed by atoms with van der Waals surface area (Å²) in [6, 6.07) is 15.8. The van der Waals surface area contributed by atoms with Crippen LogP contribution in [0.1, 0.15) is 17.7 Å². The Kier molecular flexibility index (Phi) is 5.28. The van der Waals surface area contributed by atoms with Gasteiger partial charge in [0, 0.05) is 23.1 Å². The van der Waals surface area contributed by atoms with Gasteiger partial charge >= 0.3 is 0 Å². The van der Waals surface area contributed by atoms with Gasteiger partial charge in [-0.3, -0.25) is 19.3 Å². The van der Waals surface area contributed by atoms with Gasteiger partial charge in [-0.25, -0.2) is 0 Å². The predicted molar refractivity (Wildman–Crippen MR) is 118 cm³/mol. The first-order valence-electron chi connectivity index (χ1n) is 9.52. The topological polar surface area (TPSA) is 118 Å². The molecule has 3 amide bonds.